The number of rotatable bonds is 1. The van der Waals surface area contributed by atoms with Gasteiger partial charge in [-0.15, -0.1) is 0 Å². The number of nitrogens with two attached hydrogens (primary N) is 1. The number of halogens is 1. The fourth-order valence-corrected chi connectivity index (χ4v) is 3.59. The third kappa shape index (κ3) is 2.06. The molecule has 0 amide bonds. The lowest BCUT2D eigenvalue weighted by Gasteiger charge is -2.46. The van der Waals surface area contributed by atoms with Crippen LogP contribution in [-0.2, 0) is 9.31 Å². The van der Waals surface area contributed by atoms with Crippen LogP contribution in [0.15, 0.2) is 11.3 Å². The minimum atomic E-state index is -0.842. The second-order valence-electron chi connectivity index (χ2n) is 7.51. The Kier molecular flexibility index (Phi) is 3.31. The summed E-state index contributed by atoms with van der Waals surface area (Å²) in [5.41, 5.74) is 5.86. The van der Waals surface area contributed by atoms with Gasteiger partial charge in [0.05, 0.1) is 11.2 Å². The van der Waals surface area contributed by atoms with E-state index in [1.807, 2.05) is 27.7 Å². The summed E-state index contributed by atoms with van der Waals surface area (Å²) in [7, 11) is -0.842. The summed E-state index contributed by atoms with van der Waals surface area (Å²) in [6.07, 6.45) is 3.81. The fourth-order valence-electron chi connectivity index (χ4n) is 3.59. The Morgan fingerprint density at radius 1 is 1.15 bits per heavy atom. The SMILES string of the molecule is CC1(C)OB(C(F)=C2CCC(N)C3CCC23)OC1(C)C. The van der Waals surface area contributed by atoms with Crippen molar-refractivity contribution in [1.29, 1.82) is 0 Å². The molecule has 3 rings (SSSR count). The lowest BCUT2D eigenvalue weighted by atomic mass is 9.59. The van der Waals surface area contributed by atoms with Crippen molar-refractivity contribution in [1.82, 2.24) is 0 Å². The molecule has 2 aliphatic carbocycles. The van der Waals surface area contributed by atoms with Crippen molar-refractivity contribution in [2.75, 3.05) is 0 Å². The zero-order chi connectivity index (χ0) is 14.7. The number of hydrogen-bond acceptors (Lipinski definition) is 3. The van der Waals surface area contributed by atoms with Crippen molar-refractivity contribution in [3.05, 3.63) is 11.3 Å². The van der Waals surface area contributed by atoms with E-state index < -0.39 is 18.3 Å². The highest BCUT2D eigenvalue weighted by Crippen LogP contribution is 2.50. The summed E-state index contributed by atoms with van der Waals surface area (Å²) in [4.78, 5) is 0. The minimum Gasteiger partial charge on any atom is -0.398 e. The maximum Gasteiger partial charge on any atom is 0.525 e. The van der Waals surface area contributed by atoms with E-state index in [4.69, 9.17) is 15.0 Å². The Labute approximate surface area is 121 Å². The summed E-state index contributed by atoms with van der Waals surface area (Å²) in [5.74, 6) is 0.782. The molecular weight excluding hydrogens is 256 g/mol. The lowest BCUT2D eigenvalue weighted by molar-refractivity contribution is 0.00578. The highest BCUT2D eigenvalue weighted by atomic mass is 19.1. The molecule has 2 N–H and O–H groups in total. The number of fused-ring (bicyclic) bond motifs is 1. The fraction of sp³-hybridized carbons (Fsp3) is 0.867. The van der Waals surface area contributed by atoms with Gasteiger partial charge in [0, 0.05) is 6.04 Å². The Balaban J connectivity index is 1.83. The third-order valence-corrected chi connectivity index (χ3v) is 5.84. The summed E-state index contributed by atoms with van der Waals surface area (Å²) >= 11 is 0. The van der Waals surface area contributed by atoms with Crippen LogP contribution >= 0.6 is 0 Å². The average molecular weight is 281 g/mol. The highest BCUT2D eigenvalue weighted by Gasteiger charge is 2.54. The monoisotopic (exact) mass is 281 g/mol. The van der Waals surface area contributed by atoms with Crippen molar-refractivity contribution in [2.45, 2.75) is 70.6 Å². The molecule has 20 heavy (non-hydrogen) atoms. The molecule has 1 aliphatic heterocycles. The van der Waals surface area contributed by atoms with E-state index >= 15 is 0 Å². The van der Waals surface area contributed by atoms with E-state index in [9.17, 15) is 4.39 Å². The molecule has 0 aromatic heterocycles. The van der Waals surface area contributed by atoms with Crippen LogP contribution < -0.4 is 5.73 Å². The van der Waals surface area contributed by atoms with Crippen LogP contribution in [0.25, 0.3) is 0 Å². The molecule has 0 bridgehead atoms. The van der Waals surface area contributed by atoms with Crippen molar-refractivity contribution >= 4 is 7.12 Å². The Bertz CT molecular complexity index is 433. The predicted octanol–water partition coefficient (Wildman–Crippen LogP) is 2.99. The van der Waals surface area contributed by atoms with Gasteiger partial charge in [-0.3, -0.25) is 0 Å². The maximum atomic E-state index is 14.9. The zero-order valence-corrected chi connectivity index (χ0v) is 12.9. The van der Waals surface area contributed by atoms with Gasteiger partial charge in [0.1, 0.15) is 5.73 Å². The van der Waals surface area contributed by atoms with Crippen molar-refractivity contribution in [3.63, 3.8) is 0 Å². The molecule has 0 aromatic carbocycles. The molecule has 3 unspecified atom stereocenters. The molecular formula is C15H25BFNO2. The van der Waals surface area contributed by atoms with E-state index in [1.165, 1.54) is 0 Å². The van der Waals surface area contributed by atoms with Gasteiger partial charge in [0.25, 0.3) is 0 Å². The molecule has 112 valence electrons. The standard InChI is InChI=1S/C15H25BFNO2/c1-14(2)15(3,4)20-16(19-14)13(17)11-7-8-12(18)10-6-5-9(10)11/h9-10,12H,5-8,18H2,1-4H3. The minimum absolute atomic E-state index is 0.190. The van der Waals surface area contributed by atoms with Gasteiger partial charge in [-0.1, -0.05) is 0 Å². The molecule has 2 saturated carbocycles. The van der Waals surface area contributed by atoms with Crippen LogP contribution in [0.3, 0.4) is 0 Å². The van der Waals surface area contributed by atoms with Crippen LogP contribution in [0.5, 0.6) is 0 Å². The first-order valence-electron chi connectivity index (χ1n) is 7.72. The van der Waals surface area contributed by atoms with Gasteiger partial charge in [0.15, 0.2) is 0 Å². The summed E-state index contributed by atoms with van der Waals surface area (Å²) in [6, 6.07) is 0.239. The third-order valence-electron chi connectivity index (χ3n) is 5.84. The number of allylic oxidation sites excluding steroid dienone is 1. The first-order valence-corrected chi connectivity index (χ1v) is 7.72. The largest absolute Gasteiger partial charge is 0.525 e. The van der Waals surface area contributed by atoms with E-state index in [0.717, 1.165) is 31.3 Å². The first kappa shape index (κ1) is 14.5. The van der Waals surface area contributed by atoms with E-state index in [-0.39, 0.29) is 11.8 Å². The number of hydrogen-bond donors (Lipinski definition) is 1. The molecule has 3 fully saturated rings. The van der Waals surface area contributed by atoms with Gasteiger partial charge >= 0.3 is 7.12 Å². The van der Waals surface area contributed by atoms with Gasteiger partial charge in [-0.05, 0) is 70.8 Å². The normalized spacial score (nSPS) is 41.1. The van der Waals surface area contributed by atoms with Crippen LogP contribution in [-0.4, -0.2) is 24.4 Å². The van der Waals surface area contributed by atoms with Gasteiger partial charge in [-0.2, -0.15) is 0 Å². The molecule has 3 nitrogen and oxygen atoms in total. The Morgan fingerprint density at radius 3 is 2.25 bits per heavy atom. The average Bonchev–Trinajstić information content (AvgIpc) is 2.50. The highest BCUT2D eigenvalue weighted by molar-refractivity contribution is 6.53. The first-order chi connectivity index (χ1) is 9.23. The van der Waals surface area contributed by atoms with E-state index in [1.54, 1.807) is 0 Å². The molecule has 1 saturated heterocycles. The maximum absolute atomic E-state index is 14.9. The van der Waals surface area contributed by atoms with Crippen molar-refractivity contribution in [2.24, 2.45) is 17.6 Å². The summed E-state index contributed by atoms with van der Waals surface area (Å²) < 4.78 is 26.5. The summed E-state index contributed by atoms with van der Waals surface area (Å²) in [5, 5.41) is 0. The van der Waals surface area contributed by atoms with Gasteiger partial charge in [0.2, 0.25) is 0 Å². The molecule has 0 aromatic rings. The van der Waals surface area contributed by atoms with Gasteiger partial charge in [-0.25, -0.2) is 4.39 Å². The topological polar surface area (TPSA) is 44.5 Å². The van der Waals surface area contributed by atoms with Crippen LogP contribution in [0, 0.1) is 11.8 Å². The molecule has 0 radical (unpaired) electrons. The second-order valence-corrected chi connectivity index (χ2v) is 7.51. The lowest BCUT2D eigenvalue weighted by Crippen LogP contribution is -2.46. The second kappa shape index (κ2) is 4.55. The molecule has 5 heteroatoms. The van der Waals surface area contributed by atoms with E-state index in [2.05, 4.69) is 0 Å². The molecule has 3 aliphatic rings. The van der Waals surface area contributed by atoms with Crippen LogP contribution in [0.1, 0.15) is 53.4 Å². The predicted molar refractivity (Wildman–Crippen MR) is 77.6 cm³/mol. The van der Waals surface area contributed by atoms with Crippen molar-refractivity contribution < 1.29 is 13.7 Å². The van der Waals surface area contributed by atoms with Gasteiger partial charge < -0.3 is 15.0 Å². The van der Waals surface area contributed by atoms with Crippen LogP contribution in [0.4, 0.5) is 4.39 Å². The zero-order valence-electron chi connectivity index (χ0n) is 12.9. The molecule has 1 heterocycles. The smallest absolute Gasteiger partial charge is 0.398 e. The summed E-state index contributed by atoms with van der Waals surface area (Å²) in [6.45, 7) is 7.81. The van der Waals surface area contributed by atoms with Crippen LogP contribution in [0.2, 0.25) is 0 Å². The molecule has 3 atom stereocenters. The quantitative estimate of drug-likeness (QED) is 0.751. The van der Waals surface area contributed by atoms with E-state index in [0.29, 0.717) is 11.8 Å². The Morgan fingerprint density at radius 2 is 1.75 bits per heavy atom. The molecule has 0 spiro atoms. The van der Waals surface area contributed by atoms with Crippen molar-refractivity contribution in [3.8, 4) is 0 Å². The Hall–Kier alpha value is -0.385.